The van der Waals surface area contributed by atoms with Gasteiger partial charge in [-0.15, -0.1) is 0 Å². The molecule has 0 spiro atoms. The highest BCUT2D eigenvalue weighted by Gasteiger charge is 2.06. The molecular formula is C19H21NO3. The van der Waals surface area contributed by atoms with Crippen LogP contribution in [0.3, 0.4) is 0 Å². The zero-order valence-electron chi connectivity index (χ0n) is 13.6. The van der Waals surface area contributed by atoms with Crippen LogP contribution in [0.25, 0.3) is 0 Å². The normalized spacial score (nSPS) is 10.4. The fraction of sp³-hybridized carbons (Fsp3) is 0.263. The SMILES string of the molecule is CC(=O)c1ccc(NC(=O)COc2cccc(C(C)C)c2)cc1. The van der Waals surface area contributed by atoms with E-state index >= 15 is 0 Å². The summed E-state index contributed by atoms with van der Waals surface area (Å²) < 4.78 is 5.53. The Morgan fingerprint density at radius 3 is 2.39 bits per heavy atom. The van der Waals surface area contributed by atoms with E-state index in [1.807, 2.05) is 24.3 Å². The minimum atomic E-state index is -0.240. The molecule has 2 rings (SSSR count). The molecule has 0 radical (unpaired) electrons. The summed E-state index contributed by atoms with van der Waals surface area (Å²) in [4.78, 5) is 23.1. The number of carbonyl (C=O) groups is 2. The van der Waals surface area contributed by atoms with Crippen LogP contribution in [0, 0.1) is 0 Å². The predicted molar refractivity (Wildman–Crippen MR) is 91.1 cm³/mol. The number of ether oxygens (including phenoxy) is 1. The average Bonchev–Trinajstić information content (AvgIpc) is 2.53. The predicted octanol–water partition coefficient (Wildman–Crippen LogP) is 4.03. The van der Waals surface area contributed by atoms with Gasteiger partial charge in [0.1, 0.15) is 5.75 Å². The summed E-state index contributed by atoms with van der Waals surface area (Å²) in [6, 6.07) is 14.5. The van der Waals surface area contributed by atoms with Gasteiger partial charge in [0.25, 0.3) is 5.91 Å². The summed E-state index contributed by atoms with van der Waals surface area (Å²) >= 11 is 0. The Morgan fingerprint density at radius 2 is 1.78 bits per heavy atom. The summed E-state index contributed by atoms with van der Waals surface area (Å²) in [5.41, 5.74) is 2.42. The zero-order chi connectivity index (χ0) is 16.8. The fourth-order valence-corrected chi connectivity index (χ4v) is 2.10. The number of amides is 1. The lowest BCUT2D eigenvalue weighted by atomic mass is 10.0. The van der Waals surface area contributed by atoms with Crippen molar-refractivity contribution in [2.75, 3.05) is 11.9 Å². The van der Waals surface area contributed by atoms with Crippen LogP contribution in [-0.2, 0) is 4.79 Å². The van der Waals surface area contributed by atoms with Gasteiger partial charge in [0.2, 0.25) is 0 Å². The first kappa shape index (κ1) is 16.7. The second-order valence-electron chi connectivity index (χ2n) is 5.70. The maximum Gasteiger partial charge on any atom is 0.262 e. The minimum absolute atomic E-state index is 0.00348. The van der Waals surface area contributed by atoms with Gasteiger partial charge in [-0.3, -0.25) is 9.59 Å². The molecule has 0 saturated heterocycles. The Bertz CT molecular complexity index is 690. The molecule has 1 amide bonds. The summed E-state index contributed by atoms with van der Waals surface area (Å²) in [7, 11) is 0. The van der Waals surface area contributed by atoms with E-state index in [2.05, 4.69) is 19.2 Å². The van der Waals surface area contributed by atoms with Crippen molar-refractivity contribution in [3.05, 3.63) is 59.7 Å². The van der Waals surface area contributed by atoms with Gasteiger partial charge in [0, 0.05) is 11.3 Å². The second kappa shape index (κ2) is 7.58. The molecule has 1 N–H and O–H groups in total. The monoisotopic (exact) mass is 311 g/mol. The van der Waals surface area contributed by atoms with Crippen LogP contribution < -0.4 is 10.1 Å². The van der Waals surface area contributed by atoms with E-state index in [-0.39, 0.29) is 18.3 Å². The van der Waals surface area contributed by atoms with Crippen molar-refractivity contribution in [2.24, 2.45) is 0 Å². The van der Waals surface area contributed by atoms with E-state index in [1.165, 1.54) is 12.5 Å². The first-order chi connectivity index (χ1) is 11.0. The molecule has 0 aliphatic carbocycles. The summed E-state index contributed by atoms with van der Waals surface area (Å²) in [5.74, 6) is 0.845. The van der Waals surface area contributed by atoms with Crippen molar-refractivity contribution in [1.82, 2.24) is 0 Å². The molecule has 0 aliphatic rings. The van der Waals surface area contributed by atoms with E-state index < -0.39 is 0 Å². The fourth-order valence-electron chi connectivity index (χ4n) is 2.10. The summed E-state index contributed by atoms with van der Waals surface area (Å²) in [6.45, 7) is 5.66. The van der Waals surface area contributed by atoms with Crippen LogP contribution in [-0.4, -0.2) is 18.3 Å². The lowest BCUT2D eigenvalue weighted by Gasteiger charge is -2.10. The smallest absolute Gasteiger partial charge is 0.262 e. The second-order valence-corrected chi connectivity index (χ2v) is 5.70. The van der Waals surface area contributed by atoms with Crippen molar-refractivity contribution in [3.8, 4) is 5.75 Å². The van der Waals surface area contributed by atoms with Crippen LogP contribution >= 0.6 is 0 Å². The molecule has 2 aromatic rings. The number of hydrogen-bond acceptors (Lipinski definition) is 3. The lowest BCUT2D eigenvalue weighted by Crippen LogP contribution is -2.20. The molecule has 0 heterocycles. The Balaban J connectivity index is 1.90. The molecular weight excluding hydrogens is 290 g/mol. The van der Waals surface area contributed by atoms with E-state index in [4.69, 9.17) is 4.74 Å². The molecule has 0 bridgehead atoms. The van der Waals surface area contributed by atoms with Gasteiger partial charge in [0.15, 0.2) is 12.4 Å². The highest BCUT2D eigenvalue weighted by atomic mass is 16.5. The number of rotatable bonds is 6. The van der Waals surface area contributed by atoms with Gasteiger partial charge in [-0.25, -0.2) is 0 Å². The van der Waals surface area contributed by atoms with Gasteiger partial charge in [0.05, 0.1) is 0 Å². The minimum Gasteiger partial charge on any atom is -0.484 e. The third kappa shape index (κ3) is 4.95. The lowest BCUT2D eigenvalue weighted by molar-refractivity contribution is -0.118. The first-order valence-corrected chi connectivity index (χ1v) is 7.59. The van der Waals surface area contributed by atoms with E-state index in [0.29, 0.717) is 22.9 Å². The molecule has 120 valence electrons. The number of Topliss-reactive ketones (excluding diaryl/α,β-unsaturated/α-hetero) is 1. The topological polar surface area (TPSA) is 55.4 Å². The molecule has 23 heavy (non-hydrogen) atoms. The molecule has 4 heteroatoms. The standard InChI is InChI=1S/C19H21NO3/c1-13(2)16-5-4-6-18(11-16)23-12-19(22)20-17-9-7-15(8-10-17)14(3)21/h4-11,13H,12H2,1-3H3,(H,20,22). The van der Waals surface area contributed by atoms with Crippen LogP contribution in [0.15, 0.2) is 48.5 Å². The molecule has 0 saturated carbocycles. The molecule has 0 atom stereocenters. The maximum absolute atomic E-state index is 11.9. The third-order valence-electron chi connectivity index (χ3n) is 3.47. The van der Waals surface area contributed by atoms with E-state index in [1.54, 1.807) is 24.3 Å². The van der Waals surface area contributed by atoms with Gasteiger partial charge in [-0.2, -0.15) is 0 Å². The Kier molecular flexibility index (Phi) is 5.52. The molecule has 2 aromatic carbocycles. The van der Waals surface area contributed by atoms with Crippen LogP contribution in [0.1, 0.15) is 42.6 Å². The molecule has 0 unspecified atom stereocenters. The maximum atomic E-state index is 11.9. The first-order valence-electron chi connectivity index (χ1n) is 7.59. The van der Waals surface area contributed by atoms with Gasteiger partial charge >= 0.3 is 0 Å². The number of anilines is 1. The summed E-state index contributed by atoms with van der Waals surface area (Å²) in [6.07, 6.45) is 0. The molecule has 0 fully saturated rings. The Morgan fingerprint density at radius 1 is 1.09 bits per heavy atom. The summed E-state index contributed by atoms with van der Waals surface area (Å²) in [5, 5.41) is 2.74. The van der Waals surface area contributed by atoms with Crippen molar-refractivity contribution in [2.45, 2.75) is 26.7 Å². The average molecular weight is 311 g/mol. The van der Waals surface area contributed by atoms with E-state index in [0.717, 1.165) is 0 Å². The van der Waals surface area contributed by atoms with Crippen LogP contribution in [0.4, 0.5) is 5.69 Å². The number of carbonyl (C=O) groups excluding carboxylic acids is 2. The molecule has 4 nitrogen and oxygen atoms in total. The number of ketones is 1. The Hall–Kier alpha value is -2.62. The molecule has 0 aromatic heterocycles. The van der Waals surface area contributed by atoms with Gasteiger partial charge in [-0.05, 0) is 54.8 Å². The quantitative estimate of drug-likeness (QED) is 0.819. The van der Waals surface area contributed by atoms with Crippen LogP contribution in [0.2, 0.25) is 0 Å². The number of hydrogen-bond donors (Lipinski definition) is 1. The van der Waals surface area contributed by atoms with Crippen molar-refractivity contribution in [3.63, 3.8) is 0 Å². The number of nitrogens with one attached hydrogen (secondary N) is 1. The van der Waals surface area contributed by atoms with Crippen molar-refractivity contribution < 1.29 is 14.3 Å². The zero-order valence-corrected chi connectivity index (χ0v) is 13.6. The van der Waals surface area contributed by atoms with Gasteiger partial charge < -0.3 is 10.1 Å². The molecule has 0 aliphatic heterocycles. The number of benzene rings is 2. The van der Waals surface area contributed by atoms with Crippen molar-refractivity contribution in [1.29, 1.82) is 0 Å². The van der Waals surface area contributed by atoms with E-state index in [9.17, 15) is 9.59 Å². The largest absolute Gasteiger partial charge is 0.484 e. The van der Waals surface area contributed by atoms with Gasteiger partial charge in [-0.1, -0.05) is 26.0 Å². The highest BCUT2D eigenvalue weighted by molar-refractivity contribution is 5.95. The highest BCUT2D eigenvalue weighted by Crippen LogP contribution is 2.20. The third-order valence-corrected chi connectivity index (χ3v) is 3.47. The van der Waals surface area contributed by atoms with Crippen LogP contribution in [0.5, 0.6) is 5.75 Å². The van der Waals surface area contributed by atoms with Crippen molar-refractivity contribution >= 4 is 17.4 Å². The Labute approximate surface area is 136 Å².